The van der Waals surface area contributed by atoms with Crippen LogP contribution in [0.1, 0.15) is 57.8 Å². The number of unbranched alkanes of at least 4 members (excludes halogenated alkanes) is 6. The third kappa shape index (κ3) is 9.62. The summed E-state index contributed by atoms with van der Waals surface area (Å²) < 4.78 is 61.3. The number of carbonyl (C=O) groups excluding carboxylic acids is 2. The fraction of sp³-hybridized carbons (Fsp3) is 0.882. The zero-order valence-corrected chi connectivity index (χ0v) is 16.1. The van der Waals surface area contributed by atoms with Gasteiger partial charge in [-0.05, 0) is 30.8 Å². The van der Waals surface area contributed by atoms with Crippen LogP contribution in [0.25, 0.3) is 0 Å². The first-order valence-corrected chi connectivity index (χ1v) is 10.4. The summed E-state index contributed by atoms with van der Waals surface area (Å²) in [5.74, 6) is -3.75. The number of hydrogen-bond donors (Lipinski definition) is 1. The lowest BCUT2D eigenvalue weighted by molar-refractivity contribution is -0.284. The molecular weight excluding hydrogens is 391 g/mol. The minimum atomic E-state index is -5.45. The molecule has 0 atom stereocenters. The first-order valence-electron chi connectivity index (χ1n) is 9.24. The van der Waals surface area contributed by atoms with Crippen LogP contribution in [-0.2, 0) is 4.79 Å². The van der Waals surface area contributed by atoms with Crippen LogP contribution in [0.15, 0.2) is 0 Å². The molecule has 0 aromatic heterocycles. The maximum atomic E-state index is 12.7. The van der Waals surface area contributed by atoms with Gasteiger partial charge in [-0.15, -0.1) is 0 Å². The van der Waals surface area contributed by atoms with Gasteiger partial charge in [0.15, 0.2) is 0 Å². The quantitative estimate of drug-likeness (QED) is 0.246. The minimum absolute atomic E-state index is 0.141. The molecule has 0 aliphatic carbocycles. The predicted octanol–water partition coefficient (Wildman–Crippen LogP) is 4.98. The van der Waals surface area contributed by atoms with Crippen molar-refractivity contribution in [1.82, 2.24) is 10.2 Å². The molecule has 0 aromatic carbocycles. The molecule has 0 bridgehead atoms. The molecule has 27 heavy (non-hydrogen) atoms. The fourth-order valence-corrected chi connectivity index (χ4v) is 3.66. The maximum absolute atomic E-state index is 12.7. The van der Waals surface area contributed by atoms with Gasteiger partial charge >= 0.3 is 18.1 Å². The Morgan fingerprint density at radius 2 is 1.41 bits per heavy atom. The molecule has 1 aliphatic heterocycles. The molecule has 1 rings (SSSR count). The van der Waals surface area contributed by atoms with E-state index >= 15 is 0 Å². The van der Waals surface area contributed by atoms with Gasteiger partial charge in [0.05, 0.1) is 0 Å². The van der Waals surface area contributed by atoms with Crippen molar-refractivity contribution in [2.24, 2.45) is 0 Å². The molecule has 1 aliphatic rings. The number of urea groups is 1. The van der Waals surface area contributed by atoms with Crippen LogP contribution in [0.2, 0.25) is 0 Å². The molecule has 0 aromatic rings. The molecule has 158 valence electrons. The summed E-state index contributed by atoms with van der Waals surface area (Å²) in [6.45, 7) is 0.728. The zero-order chi connectivity index (χ0) is 20.3. The molecule has 1 N–H and O–H groups in total. The highest BCUT2D eigenvalue weighted by Crippen LogP contribution is 2.39. The Labute approximate surface area is 160 Å². The van der Waals surface area contributed by atoms with E-state index in [0.717, 1.165) is 50.7 Å². The highest BCUT2D eigenvalue weighted by Gasteiger charge is 2.56. The van der Waals surface area contributed by atoms with Crippen LogP contribution >= 0.6 is 11.8 Å². The van der Waals surface area contributed by atoms with E-state index in [1.165, 1.54) is 16.7 Å². The molecular formula is C17H27F5N2O2S. The zero-order valence-electron chi connectivity index (χ0n) is 15.3. The van der Waals surface area contributed by atoms with E-state index in [-0.39, 0.29) is 24.9 Å². The second-order valence-electron chi connectivity index (χ2n) is 6.67. The Bertz CT molecular complexity index is 475. The van der Waals surface area contributed by atoms with Crippen LogP contribution in [0.5, 0.6) is 0 Å². The summed E-state index contributed by atoms with van der Waals surface area (Å²) in [7, 11) is 0. The average molecular weight is 418 g/mol. The number of hydrogen-bond acceptors (Lipinski definition) is 3. The normalized spacial score (nSPS) is 15.5. The Morgan fingerprint density at radius 1 is 0.852 bits per heavy atom. The van der Waals surface area contributed by atoms with Crippen LogP contribution in [0.4, 0.5) is 26.7 Å². The Morgan fingerprint density at radius 3 is 1.96 bits per heavy atom. The van der Waals surface area contributed by atoms with Crippen LogP contribution in [0, 0.1) is 0 Å². The van der Waals surface area contributed by atoms with E-state index in [0.29, 0.717) is 12.3 Å². The SMILES string of the molecule is O=C1CN(CCCCCCCCCSCCCC(F)(F)C(F)(F)F)C(=O)N1. The number of halogens is 5. The van der Waals surface area contributed by atoms with Crippen molar-refractivity contribution < 1.29 is 31.5 Å². The van der Waals surface area contributed by atoms with Crippen molar-refractivity contribution in [3.05, 3.63) is 0 Å². The summed E-state index contributed by atoms with van der Waals surface area (Å²) in [6, 6.07) is -0.320. The van der Waals surface area contributed by atoms with E-state index in [1.54, 1.807) is 0 Å². The lowest BCUT2D eigenvalue weighted by Crippen LogP contribution is -2.36. The van der Waals surface area contributed by atoms with Gasteiger partial charge in [-0.1, -0.05) is 32.1 Å². The molecule has 3 amide bonds. The first-order chi connectivity index (χ1) is 12.6. The number of thioether (sulfide) groups is 1. The van der Waals surface area contributed by atoms with Gasteiger partial charge < -0.3 is 4.90 Å². The average Bonchev–Trinajstić information content (AvgIpc) is 2.88. The van der Waals surface area contributed by atoms with E-state index in [4.69, 9.17) is 0 Å². The van der Waals surface area contributed by atoms with Gasteiger partial charge in [-0.25, -0.2) is 4.79 Å². The number of rotatable bonds is 14. The van der Waals surface area contributed by atoms with Crippen molar-refractivity contribution in [2.45, 2.75) is 69.9 Å². The summed E-state index contributed by atoms with van der Waals surface area (Å²) in [6.07, 6.45) is 0.209. The number of amides is 3. The van der Waals surface area contributed by atoms with Gasteiger partial charge in [0.1, 0.15) is 6.54 Å². The Balaban J connectivity index is 1.84. The first kappa shape index (κ1) is 24.0. The largest absolute Gasteiger partial charge is 0.453 e. The number of imide groups is 1. The summed E-state index contributed by atoms with van der Waals surface area (Å²) in [4.78, 5) is 23.8. The molecule has 0 spiro atoms. The highest BCUT2D eigenvalue weighted by atomic mass is 32.2. The van der Waals surface area contributed by atoms with Crippen LogP contribution < -0.4 is 5.32 Å². The predicted molar refractivity (Wildman–Crippen MR) is 95.0 cm³/mol. The molecule has 4 nitrogen and oxygen atoms in total. The number of nitrogens with zero attached hydrogens (tertiary/aromatic N) is 1. The Kier molecular flexibility index (Phi) is 10.4. The summed E-state index contributed by atoms with van der Waals surface area (Å²) in [5, 5.41) is 2.23. The molecule has 0 unspecified atom stereocenters. The molecule has 0 saturated carbocycles. The topological polar surface area (TPSA) is 49.4 Å². The van der Waals surface area contributed by atoms with E-state index in [2.05, 4.69) is 5.32 Å². The minimum Gasteiger partial charge on any atom is -0.315 e. The van der Waals surface area contributed by atoms with Crippen molar-refractivity contribution in [3.63, 3.8) is 0 Å². The number of nitrogens with one attached hydrogen (secondary N) is 1. The third-order valence-electron chi connectivity index (χ3n) is 4.28. The molecule has 0 radical (unpaired) electrons. The third-order valence-corrected chi connectivity index (χ3v) is 5.43. The van der Waals surface area contributed by atoms with Gasteiger partial charge in [0.25, 0.3) is 0 Å². The van der Waals surface area contributed by atoms with E-state index < -0.39 is 18.5 Å². The van der Waals surface area contributed by atoms with Crippen molar-refractivity contribution >= 4 is 23.7 Å². The smallest absolute Gasteiger partial charge is 0.315 e. The van der Waals surface area contributed by atoms with Gasteiger partial charge in [0, 0.05) is 13.0 Å². The molecule has 1 heterocycles. The number of alkyl halides is 5. The molecule has 1 saturated heterocycles. The fourth-order valence-electron chi connectivity index (χ4n) is 2.69. The van der Waals surface area contributed by atoms with Crippen LogP contribution in [-0.4, -0.2) is 53.5 Å². The second-order valence-corrected chi connectivity index (χ2v) is 7.89. The summed E-state index contributed by atoms with van der Waals surface area (Å²) in [5.41, 5.74) is 0. The highest BCUT2D eigenvalue weighted by molar-refractivity contribution is 7.99. The van der Waals surface area contributed by atoms with Crippen molar-refractivity contribution in [2.75, 3.05) is 24.6 Å². The number of carbonyl (C=O) groups is 2. The van der Waals surface area contributed by atoms with E-state index in [1.807, 2.05) is 0 Å². The second kappa shape index (κ2) is 11.7. The van der Waals surface area contributed by atoms with Gasteiger partial charge in [-0.3, -0.25) is 10.1 Å². The molecule has 10 heteroatoms. The standard InChI is InChI=1S/C17H27F5N2O2S/c18-16(19,17(20,21)22)9-8-12-27-11-7-5-3-1-2-4-6-10-24-13-14(25)23-15(24)26/h1-13H2,(H,23,25,26). The monoisotopic (exact) mass is 418 g/mol. The van der Waals surface area contributed by atoms with Gasteiger partial charge in [0.2, 0.25) is 5.91 Å². The van der Waals surface area contributed by atoms with Crippen LogP contribution in [0.3, 0.4) is 0 Å². The van der Waals surface area contributed by atoms with Crippen molar-refractivity contribution in [3.8, 4) is 0 Å². The lowest BCUT2D eigenvalue weighted by atomic mass is 10.1. The molecule has 1 fully saturated rings. The Hall–Kier alpha value is -1.06. The maximum Gasteiger partial charge on any atom is 0.453 e. The summed E-state index contributed by atoms with van der Waals surface area (Å²) >= 11 is 1.42. The lowest BCUT2D eigenvalue weighted by Gasteiger charge is -2.19. The van der Waals surface area contributed by atoms with Crippen molar-refractivity contribution in [1.29, 1.82) is 0 Å². The van der Waals surface area contributed by atoms with Gasteiger partial charge in [-0.2, -0.15) is 33.7 Å². The van der Waals surface area contributed by atoms with E-state index in [9.17, 15) is 31.5 Å².